The van der Waals surface area contributed by atoms with Gasteiger partial charge in [-0.25, -0.2) is 4.99 Å². The van der Waals surface area contributed by atoms with E-state index in [-0.39, 0.29) is 24.0 Å². The Morgan fingerprint density at radius 1 is 1.44 bits per heavy atom. The van der Waals surface area contributed by atoms with Crippen LogP contribution in [-0.4, -0.2) is 12.5 Å². The number of nitrogens with two attached hydrogens (primary N) is 1. The second-order valence-corrected chi connectivity index (χ2v) is 4.59. The zero-order chi connectivity index (χ0) is 12.8. The third kappa shape index (κ3) is 6.47. The fourth-order valence-electron chi connectivity index (χ4n) is 1.12. The van der Waals surface area contributed by atoms with Gasteiger partial charge >= 0.3 is 0 Å². The Bertz CT molecular complexity index is 447. The van der Waals surface area contributed by atoms with Crippen molar-refractivity contribution in [2.24, 2.45) is 10.7 Å². The lowest BCUT2D eigenvalue weighted by atomic mass is 10.2. The molecule has 0 saturated carbocycles. The van der Waals surface area contributed by atoms with Crippen LogP contribution in [0.15, 0.2) is 35.3 Å². The summed E-state index contributed by atoms with van der Waals surface area (Å²) < 4.78 is 0. The zero-order valence-electron chi connectivity index (χ0n) is 10.0. The molecule has 0 heterocycles. The second-order valence-electron chi connectivity index (χ2n) is 3.75. The third-order valence-electron chi connectivity index (χ3n) is 2.01. The maximum Gasteiger partial charge on any atom is 0.189 e. The van der Waals surface area contributed by atoms with Crippen molar-refractivity contribution in [3.8, 4) is 0 Å². The van der Waals surface area contributed by atoms with Crippen LogP contribution < -0.4 is 11.1 Å². The van der Waals surface area contributed by atoms with Gasteiger partial charge in [0.1, 0.15) is 0 Å². The highest BCUT2D eigenvalue weighted by atomic mass is 127. The van der Waals surface area contributed by atoms with Crippen LogP contribution in [0.3, 0.4) is 0 Å². The summed E-state index contributed by atoms with van der Waals surface area (Å²) in [6, 6.07) is 5.29. The summed E-state index contributed by atoms with van der Waals surface area (Å²) in [7, 11) is 0. The fraction of sp³-hybridized carbons (Fsp3) is 0.250. The maximum absolute atomic E-state index is 6.01. The van der Waals surface area contributed by atoms with Gasteiger partial charge in [-0.1, -0.05) is 41.4 Å². The topological polar surface area (TPSA) is 50.4 Å². The summed E-state index contributed by atoms with van der Waals surface area (Å²) in [5.74, 6) is 0.374. The zero-order valence-corrected chi connectivity index (χ0v) is 13.9. The van der Waals surface area contributed by atoms with E-state index < -0.39 is 0 Å². The molecule has 6 heteroatoms. The van der Waals surface area contributed by atoms with Crippen LogP contribution in [-0.2, 0) is 6.54 Å². The molecule has 0 saturated heterocycles. The Hall–Kier alpha value is -0.460. The Morgan fingerprint density at radius 3 is 2.67 bits per heavy atom. The highest BCUT2D eigenvalue weighted by Gasteiger charge is 2.00. The van der Waals surface area contributed by atoms with E-state index in [4.69, 9.17) is 28.9 Å². The van der Waals surface area contributed by atoms with Gasteiger partial charge < -0.3 is 11.1 Å². The quantitative estimate of drug-likeness (QED) is 0.351. The van der Waals surface area contributed by atoms with Gasteiger partial charge in [-0.05, 0) is 24.6 Å². The van der Waals surface area contributed by atoms with Crippen molar-refractivity contribution >= 4 is 53.1 Å². The summed E-state index contributed by atoms with van der Waals surface area (Å²) in [6.07, 6.45) is 0. The Kier molecular flexibility index (Phi) is 8.39. The number of nitrogens with zero attached hydrogens (tertiary/aromatic N) is 1. The van der Waals surface area contributed by atoms with E-state index in [1.54, 1.807) is 12.1 Å². The first-order valence-electron chi connectivity index (χ1n) is 5.11. The average molecular weight is 400 g/mol. The van der Waals surface area contributed by atoms with Crippen LogP contribution in [0, 0.1) is 0 Å². The van der Waals surface area contributed by atoms with Crippen molar-refractivity contribution in [2.45, 2.75) is 13.5 Å². The first-order chi connectivity index (χ1) is 7.99. The maximum atomic E-state index is 6.01. The molecule has 0 aromatic heterocycles. The number of rotatable bonds is 4. The van der Waals surface area contributed by atoms with Crippen molar-refractivity contribution < 1.29 is 0 Å². The number of benzene rings is 1. The SMILES string of the molecule is C=C(C)CNC(N)=NCc1ccc(Cl)cc1Cl.I. The Morgan fingerprint density at radius 2 is 2.11 bits per heavy atom. The Labute approximate surface area is 134 Å². The summed E-state index contributed by atoms with van der Waals surface area (Å²) in [5, 5.41) is 4.14. The first kappa shape index (κ1) is 17.5. The molecular weight excluding hydrogens is 384 g/mol. The van der Waals surface area contributed by atoms with Crippen LogP contribution in [0.5, 0.6) is 0 Å². The molecule has 1 rings (SSSR count). The number of hydrogen-bond donors (Lipinski definition) is 2. The number of hydrogen-bond acceptors (Lipinski definition) is 1. The molecule has 0 atom stereocenters. The molecule has 0 spiro atoms. The third-order valence-corrected chi connectivity index (χ3v) is 2.59. The summed E-state index contributed by atoms with van der Waals surface area (Å²) in [4.78, 5) is 4.17. The predicted molar refractivity (Wildman–Crippen MR) is 90.0 cm³/mol. The van der Waals surface area contributed by atoms with Crippen LogP contribution in [0.2, 0.25) is 10.0 Å². The van der Waals surface area contributed by atoms with Gasteiger partial charge in [-0.15, -0.1) is 24.0 Å². The molecule has 3 N–H and O–H groups in total. The summed E-state index contributed by atoms with van der Waals surface area (Å²) in [6.45, 7) is 6.71. The lowest BCUT2D eigenvalue weighted by Crippen LogP contribution is -2.32. The molecular formula is C12H16Cl2IN3. The summed E-state index contributed by atoms with van der Waals surface area (Å²) in [5.41, 5.74) is 7.56. The van der Waals surface area contributed by atoms with Gasteiger partial charge in [0.25, 0.3) is 0 Å². The molecule has 0 fully saturated rings. The normalized spacial score (nSPS) is 10.7. The van der Waals surface area contributed by atoms with Crippen LogP contribution in [0.4, 0.5) is 0 Å². The minimum atomic E-state index is 0. The molecule has 0 unspecified atom stereocenters. The van der Waals surface area contributed by atoms with Crippen LogP contribution >= 0.6 is 47.2 Å². The fourth-order valence-corrected chi connectivity index (χ4v) is 1.59. The monoisotopic (exact) mass is 399 g/mol. The van der Waals surface area contributed by atoms with E-state index >= 15 is 0 Å². The highest BCUT2D eigenvalue weighted by molar-refractivity contribution is 14.0. The molecule has 0 amide bonds. The van der Waals surface area contributed by atoms with Crippen molar-refractivity contribution in [3.63, 3.8) is 0 Å². The number of guanidine groups is 1. The number of nitrogens with one attached hydrogen (secondary N) is 1. The molecule has 1 aromatic carbocycles. The van der Waals surface area contributed by atoms with Gasteiger partial charge in [-0.3, -0.25) is 0 Å². The number of aliphatic imine (C=N–C) groups is 1. The molecule has 100 valence electrons. The molecule has 0 aliphatic carbocycles. The van der Waals surface area contributed by atoms with Crippen LogP contribution in [0.25, 0.3) is 0 Å². The van der Waals surface area contributed by atoms with Crippen molar-refractivity contribution in [1.82, 2.24) is 5.32 Å². The van der Waals surface area contributed by atoms with E-state index in [1.165, 1.54) is 0 Å². The van der Waals surface area contributed by atoms with Gasteiger partial charge in [0.2, 0.25) is 0 Å². The van der Waals surface area contributed by atoms with Gasteiger partial charge in [0.05, 0.1) is 6.54 Å². The molecule has 3 nitrogen and oxygen atoms in total. The molecule has 0 radical (unpaired) electrons. The molecule has 0 bridgehead atoms. The minimum Gasteiger partial charge on any atom is -0.370 e. The number of halogens is 3. The Balaban J connectivity index is 0.00000289. The van der Waals surface area contributed by atoms with Gasteiger partial charge in [0.15, 0.2) is 5.96 Å². The van der Waals surface area contributed by atoms with Crippen LogP contribution in [0.1, 0.15) is 12.5 Å². The lowest BCUT2D eigenvalue weighted by molar-refractivity contribution is 0.940. The van der Waals surface area contributed by atoms with Gasteiger partial charge in [-0.2, -0.15) is 0 Å². The van der Waals surface area contributed by atoms with E-state index in [0.29, 0.717) is 29.1 Å². The molecule has 18 heavy (non-hydrogen) atoms. The standard InChI is InChI=1S/C12H15Cl2N3.HI/c1-8(2)6-16-12(15)17-7-9-3-4-10(13)5-11(9)14;/h3-5H,1,6-7H2,2H3,(H3,15,16,17);1H. The van der Waals surface area contributed by atoms with E-state index in [2.05, 4.69) is 16.9 Å². The van der Waals surface area contributed by atoms with Crippen molar-refractivity contribution in [3.05, 3.63) is 46.0 Å². The minimum absolute atomic E-state index is 0. The van der Waals surface area contributed by atoms with Crippen molar-refractivity contribution in [1.29, 1.82) is 0 Å². The largest absolute Gasteiger partial charge is 0.370 e. The molecule has 0 aliphatic heterocycles. The molecule has 0 aliphatic rings. The highest BCUT2D eigenvalue weighted by Crippen LogP contribution is 2.21. The van der Waals surface area contributed by atoms with Gasteiger partial charge in [0, 0.05) is 16.6 Å². The van der Waals surface area contributed by atoms with E-state index in [9.17, 15) is 0 Å². The second kappa shape index (κ2) is 8.61. The van der Waals surface area contributed by atoms with Crippen molar-refractivity contribution in [2.75, 3.05) is 6.54 Å². The summed E-state index contributed by atoms with van der Waals surface area (Å²) >= 11 is 11.8. The molecule has 1 aromatic rings. The lowest BCUT2D eigenvalue weighted by Gasteiger charge is -2.05. The predicted octanol–water partition coefficient (Wildman–Crippen LogP) is 3.59. The first-order valence-corrected chi connectivity index (χ1v) is 5.86. The van der Waals surface area contributed by atoms with E-state index in [0.717, 1.165) is 11.1 Å². The smallest absolute Gasteiger partial charge is 0.189 e. The van der Waals surface area contributed by atoms with E-state index in [1.807, 2.05) is 13.0 Å². The average Bonchev–Trinajstić information content (AvgIpc) is 2.25.